The van der Waals surface area contributed by atoms with Crippen LogP contribution in [0, 0.1) is 0 Å². The lowest BCUT2D eigenvalue weighted by atomic mass is 10.4. The first kappa shape index (κ1) is 12.3. The molecule has 0 unspecified atom stereocenters. The second-order valence-corrected chi connectivity index (χ2v) is 4.68. The summed E-state index contributed by atoms with van der Waals surface area (Å²) < 4.78 is 1.91. The number of rotatable bonds is 8. The summed E-state index contributed by atoms with van der Waals surface area (Å²) in [6, 6.07) is 0.721. The summed E-state index contributed by atoms with van der Waals surface area (Å²) in [6.07, 6.45) is 6.55. The first-order chi connectivity index (χ1) is 8.28. The Balaban J connectivity index is 1.70. The van der Waals surface area contributed by atoms with Crippen molar-refractivity contribution in [3.63, 3.8) is 0 Å². The van der Waals surface area contributed by atoms with Crippen LogP contribution >= 0.6 is 0 Å². The molecule has 0 aromatic carbocycles. The summed E-state index contributed by atoms with van der Waals surface area (Å²) in [7, 11) is 2.08. The molecule has 0 spiro atoms. The van der Waals surface area contributed by atoms with E-state index in [4.69, 9.17) is 0 Å². The Bertz CT molecular complexity index is 356. The molecule has 17 heavy (non-hydrogen) atoms. The van der Waals surface area contributed by atoms with Crippen LogP contribution in [0.1, 0.15) is 18.5 Å². The Morgan fingerprint density at radius 2 is 2.47 bits per heavy atom. The van der Waals surface area contributed by atoms with Crippen molar-refractivity contribution in [2.45, 2.75) is 32.0 Å². The summed E-state index contributed by atoms with van der Waals surface area (Å²) in [5.41, 5.74) is 1.03. The van der Waals surface area contributed by atoms with Crippen LogP contribution in [-0.2, 0) is 13.1 Å². The highest BCUT2D eigenvalue weighted by molar-refractivity contribution is 4.94. The Morgan fingerprint density at radius 1 is 1.65 bits per heavy atom. The quantitative estimate of drug-likeness (QED) is 0.672. The Morgan fingerprint density at radius 3 is 3.18 bits per heavy atom. The standard InChI is InChI=1S/C12H21N5/c1-3-6-16(2)7-8-17-10-12(14-15-17)9-13-11-4-5-11/h3,10-11,13H,1,4-9H2,2H3. The van der Waals surface area contributed by atoms with Crippen molar-refractivity contribution < 1.29 is 0 Å². The van der Waals surface area contributed by atoms with Crippen molar-refractivity contribution in [3.05, 3.63) is 24.5 Å². The van der Waals surface area contributed by atoms with Gasteiger partial charge < -0.3 is 10.2 Å². The molecule has 0 aliphatic heterocycles. The molecule has 1 fully saturated rings. The fourth-order valence-corrected chi connectivity index (χ4v) is 1.65. The van der Waals surface area contributed by atoms with Gasteiger partial charge in [0.25, 0.3) is 0 Å². The van der Waals surface area contributed by atoms with Crippen LogP contribution in [0.5, 0.6) is 0 Å². The van der Waals surface area contributed by atoms with Gasteiger partial charge in [-0.25, -0.2) is 0 Å². The molecule has 1 aromatic heterocycles. The van der Waals surface area contributed by atoms with E-state index in [1.807, 2.05) is 17.0 Å². The first-order valence-electron chi connectivity index (χ1n) is 6.20. The summed E-state index contributed by atoms with van der Waals surface area (Å²) in [5, 5.41) is 11.7. The Labute approximate surface area is 102 Å². The van der Waals surface area contributed by atoms with Gasteiger partial charge in [-0.2, -0.15) is 0 Å². The van der Waals surface area contributed by atoms with Gasteiger partial charge in [0, 0.05) is 31.9 Å². The monoisotopic (exact) mass is 235 g/mol. The lowest BCUT2D eigenvalue weighted by molar-refractivity contribution is 0.340. The van der Waals surface area contributed by atoms with Crippen LogP contribution in [0.15, 0.2) is 18.9 Å². The van der Waals surface area contributed by atoms with Gasteiger partial charge in [0.1, 0.15) is 0 Å². The topological polar surface area (TPSA) is 46.0 Å². The van der Waals surface area contributed by atoms with Crippen molar-refractivity contribution >= 4 is 0 Å². The van der Waals surface area contributed by atoms with E-state index in [-0.39, 0.29) is 0 Å². The lowest BCUT2D eigenvalue weighted by Gasteiger charge is -2.13. The first-order valence-corrected chi connectivity index (χ1v) is 6.20. The number of hydrogen-bond acceptors (Lipinski definition) is 4. The van der Waals surface area contributed by atoms with E-state index in [0.29, 0.717) is 0 Å². The fraction of sp³-hybridized carbons (Fsp3) is 0.667. The second kappa shape index (κ2) is 5.93. The maximum absolute atomic E-state index is 4.15. The number of hydrogen-bond donors (Lipinski definition) is 1. The van der Waals surface area contributed by atoms with Crippen LogP contribution in [-0.4, -0.2) is 46.1 Å². The van der Waals surface area contributed by atoms with Crippen LogP contribution in [0.3, 0.4) is 0 Å². The van der Waals surface area contributed by atoms with Gasteiger partial charge in [-0.15, -0.1) is 11.7 Å². The van der Waals surface area contributed by atoms with E-state index in [0.717, 1.165) is 37.9 Å². The number of nitrogens with zero attached hydrogens (tertiary/aromatic N) is 4. The third kappa shape index (κ3) is 4.28. The van der Waals surface area contributed by atoms with Crippen LogP contribution < -0.4 is 5.32 Å². The molecule has 1 aliphatic carbocycles. The summed E-state index contributed by atoms with van der Waals surface area (Å²) in [4.78, 5) is 2.21. The highest BCUT2D eigenvalue weighted by atomic mass is 15.4. The van der Waals surface area contributed by atoms with Crippen LogP contribution in [0.25, 0.3) is 0 Å². The molecular weight excluding hydrogens is 214 g/mol. The SMILES string of the molecule is C=CCN(C)CCn1cc(CNC2CC2)nn1. The van der Waals surface area contributed by atoms with E-state index in [2.05, 4.69) is 34.2 Å². The minimum Gasteiger partial charge on any atom is -0.308 e. The zero-order chi connectivity index (χ0) is 12.1. The van der Waals surface area contributed by atoms with Crippen molar-refractivity contribution in [3.8, 4) is 0 Å². The number of aromatic nitrogens is 3. The van der Waals surface area contributed by atoms with Crippen LogP contribution in [0.2, 0.25) is 0 Å². The molecule has 0 atom stereocenters. The summed E-state index contributed by atoms with van der Waals surface area (Å²) in [6.45, 7) is 7.31. The van der Waals surface area contributed by atoms with Gasteiger partial charge in [0.2, 0.25) is 0 Å². The van der Waals surface area contributed by atoms with Gasteiger partial charge in [-0.05, 0) is 19.9 Å². The Kier molecular flexibility index (Phi) is 4.28. The van der Waals surface area contributed by atoms with E-state index in [1.54, 1.807) is 0 Å². The van der Waals surface area contributed by atoms with Crippen LogP contribution in [0.4, 0.5) is 0 Å². The molecule has 1 N–H and O–H groups in total. The molecule has 5 heteroatoms. The van der Waals surface area contributed by atoms with Gasteiger partial charge in [-0.1, -0.05) is 11.3 Å². The summed E-state index contributed by atoms with van der Waals surface area (Å²) >= 11 is 0. The van der Waals surface area contributed by atoms with Gasteiger partial charge in [-0.3, -0.25) is 4.68 Å². The molecule has 1 heterocycles. The van der Waals surface area contributed by atoms with E-state index in [1.165, 1.54) is 12.8 Å². The average molecular weight is 235 g/mol. The van der Waals surface area contributed by atoms with Gasteiger partial charge >= 0.3 is 0 Å². The molecule has 0 bridgehead atoms. The molecule has 1 saturated carbocycles. The maximum Gasteiger partial charge on any atom is 0.0964 e. The van der Waals surface area contributed by atoms with Crippen molar-refractivity contribution in [2.24, 2.45) is 0 Å². The molecule has 0 amide bonds. The zero-order valence-electron chi connectivity index (χ0n) is 10.5. The number of likely N-dealkylation sites (N-methyl/N-ethyl adjacent to an activating group) is 1. The van der Waals surface area contributed by atoms with E-state index < -0.39 is 0 Å². The predicted octanol–water partition coefficient (Wildman–Crippen LogP) is 0.648. The third-order valence-corrected chi connectivity index (χ3v) is 2.89. The normalized spacial score (nSPS) is 15.4. The molecule has 1 aliphatic rings. The maximum atomic E-state index is 4.15. The third-order valence-electron chi connectivity index (χ3n) is 2.89. The molecule has 1 aromatic rings. The number of nitrogens with one attached hydrogen (secondary N) is 1. The molecule has 0 radical (unpaired) electrons. The highest BCUT2D eigenvalue weighted by Crippen LogP contribution is 2.18. The molecular formula is C12H21N5. The average Bonchev–Trinajstić information content (AvgIpc) is 3.03. The molecule has 0 saturated heterocycles. The van der Waals surface area contributed by atoms with E-state index in [9.17, 15) is 0 Å². The molecule has 94 valence electrons. The van der Waals surface area contributed by atoms with Crippen molar-refractivity contribution in [1.82, 2.24) is 25.2 Å². The van der Waals surface area contributed by atoms with E-state index >= 15 is 0 Å². The fourth-order valence-electron chi connectivity index (χ4n) is 1.65. The molecule has 2 rings (SSSR count). The minimum atomic E-state index is 0.721. The largest absolute Gasteiger partial charge is 0.308 e. The lowest BCUT2D eigenvalue weighted by Crippen LogP contribution is -2.23. The second-order valence-electron chi connectivity index (χ2n) is 4.68. The van der Waals surface area contributed by atoms with Crippen molar-refractivity contribution in [1.29, 1.82) is 0 Å². The summed E-state index contributed by atoms with van der Waals surface area (Å²) in [5.74, 6) is 0. The minimum absolute atomic E-state index is 0.721. The smallest absolute Gasteiger partial charge is 0.0964 e. The highest BCUT2D eigenvalue weighted by Gasteiger charge is 2.20. The zero-order valence-corrected chi connectivity index (χ0v) is 10.5. The molecule has 5 nitrogen and oxygen atoms in total. The Hall–Kier alpha value is -1.20. The van der Waals surface area contributed by atoms with Crippen molar-refractivity contribution in [2.75, 3.05) is 20.1 Å². The van der Waals surface area contributed by atoms with Gasteiger partial charge in [0.15, 0.2) is 0 Å². The predicted molar refractivity (Wildman–Crippen MR) is 67.6 cm³/mol. The van der Waals surface area contributed by atoms with Gasteiger partial charge in [0.05, 0.1) is 12.2 Å².